The third-order valence-corrected chi connectivity index (χ3v) is 3.38. The van der Waals surface area contributed by atoms with Crippen LogP contribution in [0.5, 0.6) is 0 Å². The van der Waals surface area contributed by atoms with E-state index in [1.54, 1.807) is 7.05 Å². The molecule has 0 saturated carbocycles. The Labute approximate surface area is 100 Å². The van der Waals surface area contributed by atoms with E-state index in [1.165, 1.54) is 30.7 Å². The van der Waals surface area contributed by atoms with Crippen LogP contribution in [0.25, 0.3) is 0 Å². The summed E-state index contributed by atoms with van der Waals surface area (Å²) in [6.07, 6.45) is 0.162. The predicted molar refractivity (Wildman–Crippen MR) is 60.2 cm³/mol. The molecule has 6 nitrogen and oxygen atoms in total. The second-order valence-electron chi connectivity index (χ2n) is 4.94. The van der Waals surface area contributed by atoms with Crippen molar-refractivity contribution in [1.82, 2.24) is 9.80 Å². The van der Waals surface area contributed by atoms with Crippen LogP contribution < -0.4 is 0 Å². The molecule has 1 fully saturated rings. The standard InChI is InChI=1S/C11H18N2O4/c1-11(2,10(16)17)13(4)9(15)7-5-8(14)12(3)6-7/h7H,5-6H2,1-4H3,(H,16,17). The molecule has 0 radical (unpaired) electrons. The summed E-state index contributed by atoms with van der Waals surface area (Å²) >= 11 is 0. The van der Waals surface area contributed by atoms with Crippen LogP contribution in [0.15, 0.2) is 0 Å². The molecule has 0 aromatic carbocycles. The molecule has 6 heteroatoms. The molecular formula is C11H18N2O4. The third-order valence-electron chi connectivity index (χ3n) is 3.38. The number of carboxylic acid groups (broad SMARTS) is 1. The van der Waals surface area contributed by atoms with Crippen LogP contribution in [0.3, 0.4) is 0 Å². The third kappa shape index (κ3) is 2.40. The van der Waals surface area contributed by atoms with Gasteiger partial charge in [-0.1, -0.05) is 0 Å². The largest absolute Gasteiger partial charge is 0.480 e. The lowest BCUT2D eigenvalue weighted by Crippen LogP contribution is -2.52. The topological polar surface area (TPSA) is 77.9 Å². The smallest absolute Gasteiger partial charge is 0.329 e. The first-order valence-corrected chi connectivity index (χ1v) is 5.43. The van der Waals surface area contributed by atoms with Crippen LogP contribution in [0.4, 0.5) is 0 Å². The normalized spacial score (nSPS) is 20.6. The maximum absolute atomic E-state index is 12.1. The van der Waals surface area contributed by atoms with Crippen molar-refractivity contribution < 1.29 is 19.5 Å². The van der Waals surface area contributed by atoms with E-state index in [9.17, 15) is 14.4 Å². The second kappa shape index (κ2) is 4.35. The fraction of sp³-hybridized carbons (Fsp3) is 0.727. The molecule has 1 unspecified atom stereocenters. The maximum atomic E-state index is 12.1. The van der Waals surface area contributed by atoms with Gasteiger partial charge in [-0.2, -0.15) is 0 Å². The van der Waals surface area contributed by atoms with Gasteiger partial charge in [-0.3, -0.25) is 9.59 Å². The Morgan fingerprint density at radius 3 is 2.35 bits per heavy atom. The Kier molecular flexibility index (Phi) is 3.45. The Morgan fingerprint density at radius 1 is 1.47 bits per heavy atom. The summed E-state index contributed by atoms with van der Waals surface area (Å²) in [6.45, 7) is 3.29. The van der Waals surface area contributed by atoms with Crippen LogP contribution in [-0.4, -0.2) is 58.9 Å². The highest BCUT2D eigenvalue weighted by molar-refractivity contribution is 5.92. The van der Waals surface area contributed by atoms with E-state index in [1.807, 2.05) is 0 Å². The van der Waals surface area contributed by atoms with Gasteiger partial charge in [-0.15, -0.1) is 0 Å². The fourth-order valence-corrected chi connectivity index (χ4v) is 1.72. The number of aliphatic carboxylic acids is 1. The highest BCUT2D eigenvalue weighted by atomic mass is 16.4. The summed E-state index contributed by atoms with van der Waals surface area (Å²) < 4.78 is 0. The molecule has 2 amide bonds. The first-order chi connectivity index (χ1) is 7.67. The molecular weight excluding hydrogens is 224 g/mol. The molecule has 0 spiro atoms. The fourth-order valence-electron chi connectivity index (χ4n) is 1.72. The zero-order chi connectivity index (χ0) is 13.4. The Morgan fingerprint density at radius 2 is 2.00 bits per heavy atom. The van der Waals surface area contributed by atoms with E-state index < -0.39 is 17.4 Å². The van der Waals surface area contributed by atoms with Gasteiger partial charge in [-0.25, -0.2) is 4.79 Å². The van der Waals surface area contributed by atoms with Crippen LogP contribution in [0.2, 0.25) is 0 Å². The Hall–Kier alpha value is -1.59. The second-order valence-corrected chi connectivity index (χ2v) is 4.94. The number of likely N-dealkylation sites (tertiary alicyclic amines) is 1. The predicted octanol–water partition coefficient (Wildman–Crippen LogP) is -0.214. The number of hydrogen-bond acceptors (Lipinski definition) is 3. The Balaban J connectivity index is 2.78. The van der Waals surface area contributed by atoms with Crippen molar-refractivity contribution in [3.8, 4) is 0 Å². The minimum atomic E-state index is -1.26. The van der Waals surface area contributed by atoms with Crippen LogP contribution in [-0.2, 0) is 14.4 Å². The number of nitrogens with zero attached hydrogens (tertiary/aromatic N) is 2. The minimum absolute atomic E-state index is 0.0788. The van der Waals surface area contributed by atoms with Crippen LogP contribution in [0, 0.1) is 5.92 Å². The number of hydrogen-bond donors (Lipinski definition) is 1. The number of carbonyl (C=O) groups is 3. The van der Waals surface area contributed by atoms with Gasteiger partial charge in [0, 0.05) is 27.1 Å². The number of rotatable bonds is 3. The van der Waals surface area contributed by atoms with E-state index in [0.717, 1.165) is 0 Å². The van der Waals surface area contributed by atoms with Gasteiger partial charge >= 0.3 is 5.97 Å². The molecule has 1 aliphatic rings. The van der Waals surface area contributed by atoms with Crippen molar-refractivity contribution >= 4 is 17.8 Å². The quantitative estimate of drug-likeness (QED) is 0.742. The van der Waals surface area contributed by atoms with Gasteiger partial charge in [0.25, 0.3) is 0 Å². The highest BCUT2D eigenvalue weighted by Crippen LogP contribution is 2.22. The summed E-state index contributed by atoms with van der Waals surface area (Å²) in [5.74, 6) is -1.87. The van der Waals surface area contributed by atoms with Crippen molar-refractivity contribution in [1.29, 1.82) is 0 Å². The average Bonchev–Trinajstić information content (AvgIpc) is 2.56. The Bertz CT molecular complexity index is 364. The SMILES string of the molecule is CN1CC(C(=O)N(C)C(C)(C)C(=O)O)CC1=O. The van der Waals surface area contributed by atoms with Gasteiger partial charge in [0.15, 0.2) is 0 Å². The van der Waals surface area contributed by atoms with Crippen LogP contribution in [0.1, 0.15) is 20.3 Å². The molecule has 1 N–H and O–H groups in total. The lowest BCUT2D eigenvalue weighted by Gasteiger charge is -2.33. The lowest BCUT2D eigenvalue weighted by atomic mass is 10.00. The molecule has 1 heterocycles. The number of carboxylic acids is 1. The lowest BCUT2D eigenvalue weighted by molar-refractivity contribution is -0.156. The molecule has 0 aliphatic carbocycles. The van der Waals surface area contributed by atoms with E-state index in [2.05, 4.69) is 0 Å². The van der Waals surface area contributed by atoms with Gasteiger partial charge in [-0.05, 0) is 13.8 Å². The van der Waals surface area contributed by atoms with E-state index in [0.29, 0.717) is 6.54 Å². The molecule has 1 aliphatic heterocycles. The average molecular weight is 242 g/mol. The maximum Gasteiger partial charge on any atom is 0.329 e. The summed E-state index contributed by atoms with van der Waals surface area (Å²) in [5, 5.41) is 9.04. The molecule has 1 atom stereocenters. The van der Waals surface area contributed by atoms with Crippen molar-refractivity contribution in [2.75, 3.05) is 20.6 Å². The minimum Gasteiger partial charge on any atom is -0.480 e. The van der Waals surface area contributed by atoms with E-state index >= 15 is 0 Å². The highest BCUT2D eigenvalue weighted by Gasteiger charge is 2.41. The van der Waals surface area contributed by atoms with Crippen molar-refractivity contribution in [3.05, 3.63) is 0 Å². The molecule has 96 valence electrons. The molecule has 0 aromatic heterocycles. The van der Waals surface area contributed by atoms with Crippen LogP contribution >= 0.6 is 0 Å². The van der Waals surface area contributed by atoms with Crippen molar-refractivity contribution in [2.45, 2.75) is 25.8 Å². The van der Waals surface area contributed by atoms with Gasteiger partial charge in [0.05, 0.1) is 5.92 Å². The molecule has 0 aromatic rings. The number of likely N-dealkylation sites (N-methyl/N-ethyl adjacent to an activating group) is 1. The van der Waals surface area contributed by atoms with Gasteiger partial charge < -0.3 is 14.9 Å². The van der Waals surface area contributed by atoms with Crippen molar-refractivity contribution in [2.24, 2.45) is 5.92 Å². The molecule has 0 bridgehead atoms. The van der Waals surface area contributed by atoms with E-state index in [4.69, 9.17) is 5.11 Å². The number of carbonyl (C=O) groups excluding carboxylic acids is 2. The number of amides is 2. The summed E-state index contributed by atoms with van der Waals surface area (Å²) in [5.41, 5.74) is -1.26. The summed E-state index contributed by atoms with van der Waals surface area (Å²) in [4.78, 5) is 37.1. The zero-order valence-electron chi connectivity index (χ0n) is 10.6. The molecule has 1 saturated heterocycles. The van der Waals surface area contributed by atoms with Crippen molar-refractivity contribution in [3.63, 3.8) is 0 Å². The summed E-state index contributed by atoms with van der Waals surface area (Å²) in [6, 6.07) is 0. The summed E-state index contributed by atoms with van der Waals surface area (Å²) in [7, 11) is 3.09. The first-order valence-electron chi connectivity index (χ1n) is 5.43. The van der Waals surface area contributed by atoms with Gasteiger partial charge in [0.1, 0.15) is 5.54 Å². The molecule has 1 rings (SSSR count). The molecule has 17 heavy (non-hydrogen) atoms. The first kappa shape index (κ1) is 13.5. The zero-order valence-corrected chi connectivity index (χ0v) is 10.6. The van der Waals surface area contributed by atoms with E-state index in [-0.39, 0.29) is 18.2 Å². The monoisotopic (exact) mass is 242 g/mol. The van der Waals surface area contributed by atoms with Gasteiger partial charge in [0.2, 0.25) is 11.8 Å².